The monoisotopic (exact) mass is 284 g/mol. The first kappa shape index (κ1) is 15.5. The van der Waals surface area contributed by atoms with Gasteiger partial charge >= 0.3 is 11.7 Å². The first-order valence-corrected chi connectivity index (χ1v) is 5.61. The molecule has 2 N–H and O–H groups in total. The van der Waals surface area contributed by atoms with Crippen molar-refractivity contribution in [3.05, 3.63) is 39.7 Å². The van der Waals surface area contributed by atoms with Gasteiger partial charge in [-0.25, -0.2) is 0 Å². The Hall–Kier alpha value is -2.51. The maximum Gasteiger partial charge on any atom is 0.319 e. The Bertz CT molecular complexity index is 575. The molecule has 0 radical (unpaired) electrons. The number of hydrogen-bond donors (Lipinski definition) is 2. The van der Waals surface area contributed by atoms with Crippen LogP contribution in [-0.2, 0) is 16.0 Å². The Balaban J connectivity index is 3.26. The minimum atomic E-state index is -1.91. The normalized spacial score (nSPS) is 13.3. The van der Waals surface area contributed by atoms with Gasteiger partial charge in [-0.15, -0.1) is 0 Å². The van der Waals surface area contributed by atoms with Crippen LogP contribution >= 0.6 is 0 Å². The SMILES string of the molecule is CNC(=O)C(C)(Cc1cccc([N+](=O)[O-])c1F)C(=O)O. The maximum absolute atomic E-state index is 13.9. The van der Waals surface area contributed by atoms with E-state index in [2.05, 4.69) is 5.32 Å². The highest BCUT2D eigenvalue weighted by Crippen LogP contribution is 2.28. The zero-order valence-corrected chi connectivity index (χ0v) is 10.8. The van der Waals surface area contributed by atoms with E-state index in [0.717, 1.165) is 13.0 Å². The van der Waals surface area contributed by atoms with Crippen molar-refractivity contribution in [1.29, 1.82) is 0 Å². The summed E-state index contributed by atoms with van der Waals surface area (Å²) < 4.78 is 13.9. The number of nitro benzene ring substituents is 1. The van der Waals surface area contributed by atoms with Gasteiger partial charge in [-0.05, 0) is 12.5 Å². The molecule has 1 atom stereocenters. The molecule has 8 heteroatoms. The van der Waals surface area contributed by atoms with Gasteiger partial charge in [0, 0.05) is 19.5 Å². The van der Waals surface area contributed by atoms with Gasteiger partial charge in [-0.2, -0.15) is 4.39 Å². The van der Waals surface area contributed by atoms with E-state index in [4.69, 9.17) is 5.11 Å². The van der Waals surface area contributed by atoms with Crippen molar-refractivity contribution in [2.75, 3.05) is 7.05 Å². The van der Waals surface area contributed by atoms with E-state index in [1.54, 1.807) is 0 Å². The highest BCUT2D eigenvalue weighted by molar-refractivity contribution is 6.01. The third-order valence-corrected chi connectivity index (χ3v) is 3.00. The topological polar surface area (TPSA) is 110 Å². The van der Waals surface area contributed by atoms with Crippen molar-refractivity contribution in [2.45, 2.75) is 13.3 Å². The summed E-state index contributed by atoms with van der Waals surface area (Å²) >= 11 is 0. The molecule has 0 bridgehead atoms. The molecule has 1 unspecified atom stereocenters. The number of nitro groups is 1. The molecule has 0 aliphatic rings. The number of carboxylic acids is 1. The van der Waals surface area contributed by atoms with Crippen LogP contribution in [0.25, 0.3) is 0 Å². The number of nitrogens with one attached hydrogen (secondary N) is 1. The molecule has 0 aliphatic heterocycles. The average molecular weight is 284 g/mol. The van der Waals surface area contributed by atoms with Crippen LogP contribution in [0.3, 0.4) is 0 Å². The fourth-order valence-electron chi connectivity index (χ4n) is 1.75. The van der Waals surface area contributed by atoms with Crippen LogP contribution in [0.1, 0.15) is 12.5 Å². The maximum atomic E-state index is 13.9. The smallest absolute Gasteiger partial charge is 0.319 e. The molecule has 1 amide bonds. The Labute approximate surface area is 113 Å². The van der Waals surface area contributed by atoms with Crippen molar-refractivity contribution in [3.63, 3.8) is 0 Å². The van der Waals surface area contributed by atoms with Crippen LogP contribution in [0.5, 0.6) is 0 Å². The fourth-order valence-corrected chi connectivity index (χ4v) is 1.75. The molecule has 1 aromatic carbocycles. The third kappa shape index (κ3) is 2.73. The predicted molar refractivity (Wildman–Crippen MR) is 66.6 cm³/mol. The number of rotatable bonds is 5. The molecule has 0 aromatic heterocycles. The Morgan fingerprint density at radius 3 is 2.55 bits per heavy atom. The summed E-state index contributed by atoms with van der Waals surface area (Å²) in [5.41, 5.74) is -2.87. The second-order valence-electron chi connectivity index (χ2n) is 4.40. The van der Waals surface area contributed by atoms with Gasteiger partial charge in [0.05, 0.1) is 4.92 Å². The Kier molecular flexibility index (Phi) is 4.38. The zero-order chi connectivity index (χ0) is 15.5. The number of hydrogen-bond acceptors (Lipinski definition) is 4. The molecule has 0 saturated carbocycles. The van der Waals surface area contributed by atoms with E-state index in [1.807, 2.05) is 0 Å². The van der Waals surface area contributed by atoms with Gasteiger partial charge in [0.1, 0.15) is 5.41 Å². The summed E-state index contributed by atoms with van der Waals surface area (Å²) in [5.74, 6) is -3.38. The van der Waals surface area contributed by atoms with Gasteiger partial charge in [0.25, 0.3) is 0 Å². The molecule has 0 spiro atoms. The van der Waals surface area contributed by atoms with Crippen LogP contribution < -0.4 is 5.32 Å². The summed E-state index contributed by atoms with van der Waals surface area (Å²) in [4.78, 5) is 32.6. The number of halogens is 1. The zero-order valence-electron chi connectivity index (χ0n) is 10.8. The largest absolute Gasteiger partial charge is 0.480 e. The Morgan fingerprint density at radius 2 is 2.10 bits per heavy atom. The molecule has 0 fully saturated rings. The lowest BCUT2D eigenvalue weighted by Gasteiger charge is -2.22. The summed E-state index contributed by atoms with van der Waals surface area (Å²) in [5, 5.41) is 22.0. The molecule has 1 aromatic rings. The lowest BCUT2D eigenvalue weighted by molar-refractivity contribution is -0.387. The fraction of sp³-hybridized carbons (Fsp3) is 0.333. The van der Waals surface area contributed by atoms with Crippen molar-refractivity contribution in [2.24, 2.45) is 5.41 Å². The molecule has 0 heterocycles. The molecule has 108 valence electrons. The van der Waals surface area contributed by atoms with Gasteiger partial charge in [-0.1, -0.05) is 12.1 Å². The molecule has 20 heavy (non-hydrogen) atoms. The second-order valence-corrected chi connectivity index (χ2v) is 4.40. The standard InChI is InChI=1S/C12H13FN2O5/c1-12(11(17)18,10(16)14-2)6-7-4-3-5-8(9(7)13)15(19)20/h3-5H,6H2,1-2H3,(H,14,16)(H,17,18). The summed E-state index contributed by atoms with van der Waals surface area (Å²) in [6.45, 7) is 1.13. The van der Waals surface area contributed by atoms with E-state index in [-0.39, 0.29) is 5.56 Å². The van der Waals surface area contributed by atoms with E-state index >= 15 is 0 Å². The number of amides is 1. The molecule has 1 rings (SSSR count). The predicted octanol–water partition coefficient (Wildman–Crippen LogP) is 1.11. The number of carbonyl (C=O) groups excluding carboxylic acids is 1. The van der Waals surface area contributed by atoms with Gasteiger partial charge in [-0.3, -0.25) is 19.7 Å². The van der Waals surface area contributed by atoms with E-state index in [1.165, 1.54) is 19.2 Å². The minimum absolute atomic E-state index is 0.201. The molecule has 7 nitrogen and oxygen atoms in total. The molecular formula is C12H13FN2O5. The summed E-state index contributed by atoms with van der Waals surface area (Å²) in [6.07, 6.45) is -0.491. The van der Waals surface area contributed by atoms with Crippen molar-refractivity contribution in [3.8, 4) is 0 Å². The summed E-state index contributed by atoms with van der Waals surface area (Å²) in [6, 6.07) is 3.42. The van der Waals surface area contributed by atoms with Crippen LogP contribution in [0.4, 0.5) is 10.1 Å². The number of benzene rings is 1. The number of carbonyl (C=O) groups is 2. The molecule has 0 aliphatic carbocycles. The van der Waals surface area contributed by atoms with Crippen LogP contribution in [-0.4, -0.2) is 29.0 Å². The quantitative estimate of drug-likeness (QED) is 0.478. The Morgan fingerprint density at radius 1 is 1.50 bits per heavy atom. The second kappa shape index (κ2) is 5.64. The van der Waals surface area contributed by atoms with Gasteiger partial charge in [0.2, 0.25) is 11.7 Å². The van der Waals surface area contributed by atoms with Crippen LogP contribution in [0.2, 0.25) is 0 Å². The van der Waals surface area contributed by atoms with Gasteiger partial charge in [0.15, 0.2) is 0 Å². The van der Waals surface area contributed by atoms with Crippen LogP contribution in [0, 0.1) is 21.3 Å². The van der Waals surface area contributed by atoms with Gasteiger partial charge < -0.3 is 10.4 Å². The minimum Gasteiger partial charge on any atom is -0.480 e. The van der Waals surface area contributed by atoms with Crippen molar-refractivity contribution in [1.82, 2.24) is 5.32 Å². The first-order valence-electron chi connectivity index (χ1n) is 5.61. The first-order chi connectivity index (χ1) is 9.24. The number of carboxylic acid groups (broad SMARTS) is 1. The van der Waals surface area contributed by atoms with Crippen molar-refractivity contribution < 1.29 is 24.0 Å². The lowest BCUT2D eigenvalue weighted by Crippen LogP contribution is -2.44. The summed E-state index contributed by atoms with van der Waals surface area (Å²) in [7, 11) is 1.26. The lowest BCUT2D eigenvalue weighted by atomic mass is 9.82. The molecule has 0 saturated heterocycles. The highest BCUT2D eigenvalue weighted by Gasteiger charge is 2.42. The average Bonchev–Trinajstić information content (AvgIpc) is 2.39. The van der Waals surface area contributed by atoms with E-state index < -0.39 is 40.1 Å². The number of aliphatic carboxylic acids is 1. The van der Waals surface area contributed by atoms with E-state index in [9.17, 15) is 24.1 Å². The van der Waals surface area contributed by atoms with Crippen LogP contribution in [0.15, 0.2) is 18.2 Å². The molecular weight excluding hydrogens is 271 g/mol. The highest BCUT2D eigenvalue weighted by atomic mass is 19.1. The van der Waals surface area contributed by atoms with E-state index in [0.29, 0.717) is 0 Å². The third-order valence-electron chi connectivity index (χ3n) is 3.00. The number of nitrogens with zero attached hydrogens (tertiary/aromatic N) is 1. The van der Waals surface area contributed by atoms with Crippen molar-refractivity contribution >= 4 is 17.6 Å².